The Kier molecular flexibility index (Phi) is 2.72. The van der Waals surface area contributed by atoms with Crippen LogP contribution in [0.5, 0.6) is 0 Å². The van der Waals surface area contributed by atoms with E-state index in [0.717, 1.165) is 12.8 Å². The van der Waals surface area contributed by atoms with Crippen LogP contribution in [0, 0.1) is 33.8 Å². The highest BCUT2D eigenvalue weighted by molar-refractivity contribution is 5.97. The van der Waals surface area contributed by atoms with Crippen LogP contribution in [-0.4, -0.2) is 22.9 Å². The third kappa shape index (κ3) is 1.81. The zero-order valence-electron chi connectivity index (χ0n) is 11.6. The molecule has 0 aromatic heterocycles. The standard InChI is InChI=1S/C15H14N2O5/c18-14(16-8-1-3-9(4-2-8)17(20)21)12-7-5-10-11(6-7)22-15(19)13(10)12/h1-4,7,10-13H,5-6H2,(H,16,18)/t7-,10-,11+,12+,13-/m1/s1. The first-order valence-corrected chi connectivity index (χ1v) is 7.30. The van der Waals surface area contributed by atoms with Gasteiger partial charge >= 0.3 is 5.97 Å². The molecule has 1 saturated heterocycles. The minimum absolute atomic E-state index is 0.00549. The maximum atomic E-state index is 12.5. The van der Waals surface area contributed by atoms with Gasteiger partial charge in [-0.05, 0) is 30.9 Å². The zero-order valence-corrected chi connectivity index (χ0v) is 11.6. The predicted molar refractivity (Wildman–Crippen MR) is 74.8 cm³/mol. The first-order valence-electron chi connectivity index (χ1n) is 7.30. The second-order valence-electron chi connectivity index (χ2n) is 6.22. The summed E-state index contributed by atoms with van der Waals surface area (Å²) in [4.78, 5) is 34.5. The number of amides is 1. The van der Waals surface area contributed by atoms with Crippen molar-refractivity contribution in [2.75, 3.05) is 5.32 Å². The smallest absolute Gasteiger partial charge is 0.310 e. The Hall–Kier alpha value is -2.44. The summed E-state index contributed by atoms with van der Waals surface area (Å²) >= 11 is 0. The van der Waals surface area contributed by atoms with Gasteiger partial charge in [0.1, 0.15) is 6.10 Å². The number of carbonyl (C=O) groups is 2. The molecule has 2 aliphatic carbocycles. The monoisotopic (exact) mass is 302 g/mol. The number of rotatable bonds is 3. The fourth-order valence-electron chi connectivity index (χ4n) is 4.26. The molecule has 7 heteroatoms. The summed E-state index contributed by atoms with van der Waals surface area (Å²) in [5.74, 6) is -0.717. The van der Waals surface area contributed by atoms with Gasteiger partial charge in [-0.1, -0.05) is 0 Å². The van der Waals surface area contributed by atoms with Gasteiger partial charge in [0.25, 0.3) is 5.69 Å². The molecule has 1 aromatic carbocycles. The quantitative estimate of drug-likeness (QED) is 0.521. The van der Waals surface area contributed by atoms with E-state index in [1.807, 2.05) is 0 Å². The maximum absolute atomic E-state index is 12.5. The second-order valence-corrected chi connectivity index (χ2v) is 6.22. The van der Waals surface area contributed by atoms with E-state index in [0.29, 0.717) is 5.69 Å². The topological polar surface area (TPSA) is 98.5 Å². The average Bonchev–Trinajstić information content (AvgIpc) is 3.09. The highest BCUT2D eigenvalue weighted by Gasteiger charge is 2.63. The van der Waals surface area contributed by atoms with Crippen LogP contribution < -0.4 is 5.32 Å². The molecule has 114 valence electrons. The Labute approximate surface area is 125 Å². The molecule has 4 rings (SSSR count). The van der Waals surface area contributed by atoms with E-state index >= 15 is 0 Å². The number of anilines is 1. The summed E-state index contributed by atoms with van der Waals surface area (Å²) in [6.45, 7) is 0. The number of non-ortho nitro benzene ring substituents is 1. The number of benzene rings is 1. The predicted octanol–water partition coefficient (Wildman–Crippen LogP) is 1.73. The number of carbonyl (C=O) groups excluding carboxylic acids is 2. The molecule has 1 heterocycles. The summed E-state index contributed by atoms with van der Waals surface area (Å²) in [7, 11) is 0. The number of nitrogens with zero attached hydrogens (tertiary/aromatic N) is 1. The SMILES string of the molecule is O=C1O[C@H]2C[C@H]3C[C@H]2[C@@H]1[C@H]3C(=O)Nc1ccc([N+](=O)[O-])cc1. The molecule has 1 aromatic rings. The van der Waals surface area contributed by atoms with Crippen LogP contribution in [-0.2, 0) is 14.3 Å². The Morgan fingerprint density at radius 2 is 2.00 bits per heavy atom. The molecule has 1 aliphatic heterocycles. The Balaban J connectivity index is 1.51. The highest BCUT2D eigenvalue weighted by Crippen LogP contribution is 2.57. The lowest BCUT2D eigenvalue weighted by atomic mass is 9.79. The van der Waals surface area contributed by atoms with Crippen LogP contribution in [0.25, 0.3) is 0 Å². The largest absolute Gasteiger partial charge is 0.462 e. The van der Waals surface area contributed by atoms with Gasteiger partial charge in [-0.2, -0.15) is 0 Å². The van der Waals surface area contributed by atoms with Crippen LogP contribution in [0.4, 0.5) is 11.4 Å². The van der Waals surface area contributed by atoms with Crippen molar-refractivity contribution in [3.8, 4) is 0 Å². The maximum Gasteiger partial charge on any atom is 0.310 e. The van der Waals surface area contributed by atoms with E-state index in [1.165, 1.54) is 24.3 Å². The summed E-state index contributed by atoms with van der Waals surface area (Å²) in [5, 5.41) is 13.4. The van der Waals surface area contributed by atoms with Crippen LogP contribution in [0.3, 0.4) is 0 Å². The van der Waals surface area contributed by atoms with Gasteiger partial charge in [0.2, 0.25) is 5.91 Å². The highest BCUT2D eigenvalue weighted by atomic mass is 16.6. The van der Waals surface area contributed by atoms with Crippen molar-refractivity contribution >= 4 is 23.3 Å². The first kappa shape index (κ1) is 13.2. The molecule has 1 N–H and O–H groups in total. The van der Waals surface area contributed by atoms with Crippen LogP contribution in [0.2, 0.25) is 0 Å². The van der Waals surface area contributed by atoms with Crippen molar-refractivity contribution in [3.05, 3.63) is 34.4 Å². The molecule has 1 amide bonds. The van der Waals surface area contributed by atoms with Crippen molar-refractivity contribution in [1.29, 1.82) is 0 Å². The lowest BCUT2D eigenvalue weighted by Crippen LogP contribution is -2.35. The van der Waals surface area contributed by atoms with Gasteiger partial charge in [-0.3, -0.25) is 19.7 Å². The molecule has 3 aliphatic rings. The lowest BCUT2D eigenvalue weighted by molar-refractivity contribution is -0.384. The lowest BCUT2D eigenvalue weighted by Gasteiger charge is -2.23. The minimum atomic E-state index is -0.490. The summed E-state index contributed by atoms with van der Waals surface area (Å²) in [6.07, 6.45) is 1.65. The van der Waals surface area contributed by atoms with Gasteiger partial charge in [-0.25, -0.2) is 0 Å². The van der Waals surface area contributed by atoms with Crippen molar-refractivity contribution in [2.45, 2.75) is 18.9 Å². The van der Waals surface area contributed by atoms with Crippen molar-refractivity contribution in [3.63, 3.8) is 0 Å². The van der Waals surface area contributed by atoms with Gasteiger partial charge in [0.05, 0.1) is 16.8 Å². The van der Waals surface area contributed by atoms with Gasteiger partial charge in [-0.15, -0.1) is 0 Å². The third-order valence-corrected chi connectivity index (χ3v) is 5.13. The van der Waals surface area contributed by atoms with Crippen LogP contribution >= 0.6 is 0 Å². The molecule has 5 atom stereocenters. The zero-order chi connectivity index (χ0) is 15.4. The number of fused-ring (bicyclic) bond motifs is 1. The van der Waals surface area contributed by atoms with Crippen molar-refractivity contribution < 1.29 is 19.2 Å². The van der Waals surface area contributed by atoms with Gasteiger partial charge < -0.3 is 10.1 Å². The third-order valence-electron chi connectivity index (χ3n) is 5.13. The fraction of sp³-hybridized carbons (Fsp3) is 0.467. The average molecular weight is 302 g/mol. The van der Waals surface area contributed by atoms with E-state index < -0.39 is 4.92 Å². The normalized spacial score (nSPS) is 34.5. The molecule has 3 fully saturated rings. The van der Waals surface area contributed by atoms with E-state index in [1.54, 1.807) is 0 Å². The van der Waals surface area contributed by atoms with Crippen LogP contribution in [0.15, 0.2) is 24.3 Å². The molecule has 2 bridgehead atoms. The number of hydrogen-bond acceptors (Lipinski definition) is 5. The second kappa shape index (κ2) is 4.53. The van der Waals surface area contributed by atoms with E-state index in [4.69, 9.17) is 4.74 Å². The molecule has 0 unspecified atom stereocenters. The van der Waals surface area contributed by atoms with Crippen molar-refractivity contribution in [1.82, 2.24) is 0 Å². The summed E-state index contributed by atoms with van der Waals surface area (Å²) in [5.41, 5.74) is 0.474. The summed E-state index contributed by atoms with van der Waals surface area (Å²) in [6, 6.07) is 5.69. The number of ether oxygens (including phenoxy) is 1. The molecule has 2 saturated carbocycles. The molecule has 22 heavy (non-hydrogen) atoms. The number of nitrogens with one attached hydrogen (secondary N) is 1. The van der Waals surface area contributed by atoms with Gasteiger partial charge in [0, 0.05) is 23.7 Å². The first-order chi connectivity index (χ1) is 10.5. The fourth-order valence-corrected chi connectivity index (χ4v) is 4.26. The van der Waals surface area contributed by atoms with E-state index in [-0.39, 0.29) is 47.3 Å². The Bertz CT molecular complexity index is 669. The Morgan fingerprint density at radius 3 is 2.68 bits per heavy atom. The van der Waals surface area contributed by atoms with Crippen molar-refractivity contribution in [2.24, 2.45) is 23.7 Å². The molecule has 0 radical (unpaired) electrons. The number of nitro groups is 1. The minimum Gasteiger partial charge on any atom is -0.462 e. The molecule has 0 spiro atoms. The number of hydrogen-bond donors (Lipinski definition) is 1. The number of nitro benzene ring substituents is 1. The number of esters is 1. The van der Waals surface area contributed by atoms with Gasteiger partial charge in [0.15, 0.2) is 0 Å². The molecule has 7 nitrogen and oxygen atoms in total. The molecular formula is C15H14N2O5. The van der Waals surface area contributed by atoms with E-state index in [2.05, 4.69) is 5.32 Å². The van der Waals surface area contributed by atoms with Crippen LogP contribution in [0.1, 0.15) is 12.8 Å². The van der Waals surface area contributed by atoms with E-state index in [9.17, 15) is 19.7 Å². The molecular weight excluding hydrogens is 288 g/mol. The summed E-state index contributed by atoms with van der Waals surface area (Å²) < 4.78 is 5.32. The Morgan fingerprint density at radius 1 is 1.27 bits per heavy atom.